The van der Waals surface area contributed by atoms with Gasteiger partial charge in [-0.25, -0.2) is 4.98 Å². The Morgan fingerprint density at radius 1 is 1.22 bits per heavy atom. The van der Waals surface area contributed by atoms with Crippen LogP contribution in [0, 0.1) is 6.92 Å². The molecule has 0 aliphatic carbocycles. The number of nitrogens with zero attached hydrogens (tertiary/aromatic N) is 2. The number of ether oxygens (including phenoxy) is 1. The highest BCUT2D eigenvalue weighted by atomic mass is 16.5. The molecule has 0 bridgehead atoms. The highest BCUT2D eigenvalue weighted by Gasteiger charge is 2.31. The van der Waals surface area contributed by atoms with Crippen LogP contribution < -0.4 is 9.64 Å². The van der Waals surface area contributed by atoms with Gasteiger partial charge in [-0.1, -0.05) is 18.2 Å². The monoisotopic (exact) mass is 362 g/mol. The van der Waals surface area contributed by atoms with Gasteiger partial charge in [0, 0.05) is 17.3 Å². The molecule has 5 nitrogen and oxygen atoms in total. The summed E-state index contributed by atoms with van der Waals surface area (Å²) in [6.07, 6.45) is 1.11. The van der Waals surface area contributed by atoms with Crippen molar-refractivity contribution in [3.63, 3.8) is 0 Å². The molecule has 138 valence electrons. The summed E-state index contributed by atoms with van der Waals surface area (Å²) in [6, 6.07) is 15.8. The fraction of sp³-hybridized carbons (Fsp3) is 0.273. The highest BCUT2D eigenvalue weighted by molar-refractivity contribution is 5.97. The van der Waals surface area contributed by atoms with Crippen molar-refractivity contribution in [2.75, 3.05) is 12.0 Å². The second-order valence-corrected chi connectivity index (χ2v) is 6.87. The van der Waals surface area contributed by atoms with Gasteiger partial charge in [0.25, 0.3) is 0 Å². The Labute approximate surface area is 158 Å². The van der Waals surface area contributed by atoms with Gasteiger partial charge in [0.2, 0.25) is 11.8 Å². The molecule has 2 heterocycles. The van der Waals surface area contributed by atoms with Crippen molar-refractivity contribution < 1.29 is 13.9 Å². The lowest BCUT2D eigenvalue weighted by molar-refractivity contribution is -0.118. The van der Waals surface area contributed by atoms with Crippen LogP contribution in [-0.4, -0.2) is 24.0 Å². The van der Waals surface area contributed by atoms with Crippen LogP contribution in [0.25, 0.3) is 11.5 Å². The van der Waals surface area contributed by atoms with Gasteiger partial charge in [0.05, 0.1) is 19.2 Å². The SMILES string of the molecule is COc1ccc(-c2nc(CC(=O)N3c4ccccc4CC3C)c(C)o2)cc1. The van der Waals surface area contributed by atoms with Crippen LogP contribution in [0.4, 0.5) is 5.69 Å². The molecule has 2 aromatic carbocycles. The summed E-state index contributed by atoms with van der Waals surface area (Å²) >= 11 is 0. The summed E-state index contributed by atoms with van der Waals surface area (Å²) in [5.74, 6) is 2.02. The number of fused-ring (bicyclic) bond motifs is 1. The lowest BCUT2D eigenvalue weighted by Crippen LogP contribution is -2.37. The summed E-state index contributed by atoms with van der Waals surface area (Å²) in [5, 5.41) is 0. The van der Waals surface area contributed by atoms with E-state index in [2.05, 4.69) is 18.0 Å². The average molecular weight is 362 g/mol. The third-order valence-electron chi connectivity index (χ3n) is 5.02. The van der Waals surface area contributed by atoms with Gasteiger partial charge >= 0.3 is 0 Å². The Morgan fingerprint density at radius 3 is 2.70 bits per heavy atom. The maximum Gasteiger partial charge on any atom is 0.233 e. The van der Waals surface area contributed by atoms with Crippen LogP contribution in [-0.2, 0) is 17.6 Å². The van der Waals surface area contributed by atoms with Gasteiger partial charge in [-0.3, -0.25) is 4.79 Å². The number of methoxy groups -OCH3 is 1. The highest BCUT2D eigenvalue weighted by Crippen LogP contribution is 2.32. The van der Waals surface area contributed by atoms with Gasteiger partial charge in [-0.05, 0) is 56.2 Å². The molecule has 0 saturated heterocycles. The molecule has 1 aliphatic rings. The molecule has 0 radical (unpaired) electrons. The number of aromatic nitrogens is 1. The minimum atomic E-state index is 0.0464. The molecule has 4 rings (SSSR count). The molecule has 27 heavy (non-hydrogen) atoms. The predicted octanol–water partition coefficient (Wildman–Crippen LogP) is 4.18. The topological polar surface area (TPSA) is 55.6 Å². The summed E-state index contributed by atoms with van der Waals surface area (Å²) in [7, 11) is 1.63. The first-order chi connectivity index (χ1) is 13.1. The van der Waals surface area contributed by atoms with Crippen LogP contribution in [0.5, 0.6) is 5.75 Å². The van der Waals surface area contributed by atoms with Crippen LogP contribution in [0.3, 0.4) is 0 Å². The van der Waals surface area contributed by atoms with Gasteiger partial charge in [0.15, 0.2) is 0 Å². The largest absolute Gasteiger partial charge is 0.497 e. The zero-order chi connectivity index (χ0) is 19.0. The number of carbonyl (C=O) groups excluding carboxylic acids is 1. The van der Waals surface area contributed by atoms with Crippen molar-refractivity contribution >= 4 is 11.6 Å². The first-order valence-corrected chi connectivity index (χ1v) is 9.07. The van der Waals surface area contributed by atoms with E-state index in [1.165, 1.54) is 5.56 Å². The molecule has 0 fully saturated rings. The molecule has 1 unspecified atom stereocenters. The number of carbonyl (C=O) groups is 1. The molecule has 1 atom stereocenters. The maximum atomic E-state index is 13.0. The lowest BCUT2D eigenvalue weighted by atomic mass is 10.1. The van der Waals surface area contributed by atoms with E-state index in [1.54, 1.807) is 7.11 Å². The Kier molecular flexibility index (Phi) is 4.44. The van der Waals surface area contributed by atoms with E-state index in [0.717, 1.165) is 23.4 Å². The molecule has 0 spiro atoms. The van der Waals surface area contributed by atoms with E-state index in [-0.39, 0.29) is 18.4 Å². The fourth-order valence-electron chi connectivity index (χ4n) is 3.62. The molecular weight excluding hydrogens is 340 g/mol. The number of aryl methyl sites for hydroxylation is 1. The van der Waals surface area contributed by atoms with E-state index in [0.29, 0.717) is 17.3 Å². The number of amides is 1. The number of rotatable bonds is 4. The molecule has 1 aromatic heterocycles. The van der Waals surface area contributed by atoms with Crippen LogP contribution in [0.2, 0.25) is 0 Å². The van der Waals surface area contributed by atoms with Crippen LogP contribution >= 0.6 is 0 Å². The first kappa shape index (κ1) is 17.3. The van der Waals surface area contributed by atoms with E-state index in [9.17, 15) is 4.79 Å². The Hall–Kier alpha value is -3.08. The van der Waals surface area contributed by atoms with E-state index in [1.807, 2.05) is 54.3 Å². The normalized spacial score (nSPS) is 15.7. The number of hydrogen-bond acceptors (Lipinski definition) is 4. The smallest absolute Gasteiger partial charge is 0.233 e. The third kappa shape index (κ3) is 3.21. The molecule has 3 aromatic rings. The van der Waals surface area contributed by atoms with Gasteiger partial charge in [0.1, 0.15) is 11.5 Å². The summed E-state index contributed by atoms with van der Waals surface area (Å²) in [6.45, 7) is 3.93. The van der Waals surface area contributed by atoms with E-state index >= 15 is 0 Å². The molecular formula is C22H22N2O3. The number of para-hydroxylation sites is 1. The molecule has 1 amide bonds. The van der Waals surface area contributed by atoms with E-state index in [4.69, 9.17) is 9.15 Å². The number of benzene rings is 2. The van der Waals surface area contributed by atoms with Crippen molar-refractivity contribution in [1.82, 2.24) is 4.98 Å². The Morgan fingerprint density at radius 2 is 1.96 bits per heavy atom. The summed E-state index contributed by atoms with van der Waals surface area (Å²) in [4.78, 5) is 19.5. The minimum Gasteiger partial charge on any atom is -0.497 e. The third-order valence-corrected chi connectivity index (χ3v) is 5.02. The van der Waals surface area contributed by atoms with Crippen molar-refractivity contribution in [2.24, 2.45) is 0 Å². The maximum absolute atomic E-state index is 13.0. The zero-order valence-corrected chi connectivity index (χ0v) is 15.7. The molecule has 1 aliphatic heterocycles. The predicted molar refractivity (Wildman–Crippen MR) is 104 cm³/mol. The second kappa shape index (κ2) is 6.91. The van der Waals surface area contributed by atoms with Crippen molar-refractivity contribution in [3.05, 3.63) is 65.5 Å². The Balaban J connectivity index is 1.56. The lowest BCUT2D eigenvalue weighted by Gasteiger charge is -2.22. The standard InChI is InChI=1S/C22H22N2O3/c1-14-12-17-6-4-5-7-20(17)24(14)21(25)13-19-15(2)27-22(23-19)16-8-10-18(26-3)11-9-16/h4-11,14H,12-13H2,1-3H3. The summed E-state index contributed by atoms with van der Waals surface area (Å²) < 4.78 is 11.0. The van der Waals surface area contributed by atoms with E-state index < -0.39 is 0 Å². The molecule has 0 saturated carbocycles. The van der Waals surface area contributed by atoms with Crippen LogP contribution in [0.1, 0.15) is 23.9 Å². The quantitative estimate of drug-likeness (QED) is 0.699. The van der Waals surface area contributed by atoms with Crippen molar-refractivity contribution in [1.29, 1.82) is 0 Å². The number of hydrogen-bond donors (Lipinski definition) is 0. The number of anilines is 1. The Bertz CT molecular complexity index is 975. The molecule has 5 heteroatoms. The zero-order valence-electron chi connectivity index (χ0n) is 15.7. The minimum absolute atomic E-state index is 0.0464. The van der Waals surface area contributed by atoms with Crippen molar-refractivity contribution in [3.8, 4) is 17.2 Å². The van der Waals surface area contributed by atoms with Crippen LogP contribution in [0.15, 0.2) is 52.9 Å². The van der Waals surface area contributed by atoms with Gasteiger partial charge in [-0.15, -0.1) is 0 Å². The molecule has 0 N–H and O–H groups in total. The van der Waals surface area contributed by atoms with Crippen molar-refractivity contribution in [2.45, 2.75) is 32.7 Å². The summed E-state index contributed by atoms with van der Waals surface area (Å²) in [5.41, 5.74) is 3.76. The first-order valence-electron chi connectivity index (χ1n) is 9.07. The van der Waals surface area contributed by atoms with Gasteiger partial charge < -0.3 is 14.1 Å². The fourth-order valence-corrected chi connectivity index (χ4v) is 3.62. The number of oxazole rings is 1. The van der Waals surface area contributed by atoms with Gasteiger partial charge in [-0.2, -0.15) is 0 Å². The second-order valence-electron chi connectivity index (χ2n) is 6.87. The average Bonchev–Trinajstić information content (AvgIpc) is 3.20.